The number of aldehydes is 1. The monoisotopic (exact) mass is 144 g/mol. The summed E-state index contributed by atoms with van der Waals surface area (Å²) in [7, 11) is 2.18. The van der Waals surface area contributed by atoms with E-state index in [1.807, 2.05) is 0 Å². The van der Waals surface area contributed by atoms with Crippen LogP contribution in [-0.2, 0) is 4.79 Å². The average molecular weight is 144 g/mol. The van der Waals surface area contributed by atoms with Gasteiger partial charge in [-0.15, -0.1) is 0 Å². The first-order valence-electron chi connectivity index (χ1n) is 3.95. The first-order chi connectivity index (χ1) is 4.68. The van der Waals surface area contributed by atoms with Crippen molar-refractivity contribution in [3.63, 3.8) is 0 Å². The number of carbonyl (C=O) groups is 1. The van der Waals surface area contributed by atoms with E-state index in [9.17, 15) is 4.79 Å². The minimum atomic E-state index is 0.693. The molecule has 10 heavy (non-hydrogen) atoms. The first-order valence-corrected chi connectivity index (χ1v) is 3.95. The van der Waals surface area contributed by atoms with E-state index in [1.54, 1.807) is 0 Å². The van der Waals surface area contributed by atoms with Crippen molar-refractivity contribution in [2.24, 2.45) is 0 Å². The maximum atomic E-state index is 10.1. The molecule has 2 nitrogen and oxygen atoms in total. The van der Waals surface area contributed by atoms with Gasteiger partial charge in [-0.25, -0.2) is 0 Å². The molecule has 0 unspecified atom stereocenters. The zero-order valence-corrected chi connectivity index (χ0v) is 7.26. The van der Waals surface area contributed by atoms with E-state index in [1.165, 1.54) is 0 Å². The largest absolute Gasteiger partial charge is 0.326 e. The highest BCUT2D eigenvalue weighted by atomic mass is 16.1. The third kappa shape index (κ3) is 2.97. The van der Waals surface area contributed by atoms with Crippen LogP contribution in [0.1, 0.15) is 20.3 Å². The van der Waals surface area contributed by atoms with Crippen molar-refractivity contribution in [1.29, 1.82) is 0 Å². The Kier molecular flexibility index (Phi) is 4.28. The van der Waals surface area contributed by atoms with E-state index >= 15 is 0 Å². The fourth-order valence-corrected chi connectivity index (χ4v) is 0.904. The quantitative estimate of drug-likeness (QED) is 0.416. The van der Waals surface area contributed by atoms with Gasteiger partial charge in [0.2, 0.25) is 0 Å². The van der Waals surface area contributed by atoms with Gasteiger partial charge in [-0.1, -0.05) is 0 Å². The summed E-state index contributed by atoms with van der Waals surface area (Å²) in [6.07, 6.45) is 1.69. The maximum Gasteiger partial charge on any atom is 0.125 e. The molecule has 0 saturated heterocycles. The molecular formula is C8H18NO+. The Labute approximate surface area is 63.4 Å². The van der Waals surface area contributed by atoms with Gasteiger partial charge in [-0.3, -0.25) is 0 Å². The van der Waals surface area contributed by atoms with Crippen LogP contribution in [0.25, 0.3) is 0 Å². The summed E-state index contributed by atoms with van der Waals surface area (Å²) in [5.41, 5.74) is 0. The second-order valence-electron chi connectivity index (χ2n) is 2.93. The normalized spacial score (nSPS) is 11.5. The van der Waals surface area contributed by atoms with Crippen LogP contribution < -0.4 is 0 Å². The molecule has 0 aromatic heterocycles. The molecule has 0 atom stereocenters. The Morgan fingerprint density at radius 2 is 1.80 bits per heavy atom. The molecule has 2 heteroatoms. The lowest BCUT2D eigenvalue weighted by atomic mass is 10.3. The van der Waals surface area contributed by atoms with Gasteiger partial charge < -0.3 is 9.28 Å². The van der Waals surface area contributed by atoms with E-state index in [4.69, 9.17) is 0 Å². The van der Waals surface area contributed by atoms with Crippen molar-refractivity contribution >= 4 is 6.29 Å². The van der Waals surface area contributed by atoms with E-state index in [0.717, 1.165) is 30.4 Å². The van der Waals surface area contributed by atoms with Gasteiger partial charge in [0, 0.05) is 0 Å². The summed E-state index contributed by atoms with van der Waals surface area (Å²) in [6, 6.07) is 0. The van der Waals surface area contributed by atoms with Crippen molar-refractivity contribution < 1.29 is 9.28 Å². The van der Waals surface area contributed by atoms with Crippen LogP contribution in [0.5, 0.6) is 0 Å². The van der Waals surface area contributed by atoms with Crippen molar-refractivity contribution in [2.75, 3.05) is 26.7 Å². The van der Waals surface area contributed by atoms with Crippen LogP contribution in [-0.4, -0.2) is 37.5 Å². The predicted octanol–water partition coefficient (Wildman–Crippen LogP) is 1.06. The van der Waals surface area contributed by atoms with Gasteiger partial charge in [0.1, 0.15) is 6.29 Å². The second-order valence-corrected chi connectivity index (χ2v) is 2.93. The highest BCUT2D eigenvalue weighted by molar-refractivity contribution is 5.49. The number of quaternary nitrogens is 1. The van der Waals surface area contributed by atoms with E-state index in [0.29, 0.717) is 6.42 Å². The predicted molar refractivity (Wildman–Crippen MR) is 42.8 cm³/mol. The highest BCUT2D eigenvalue weighted by Gasteiger charge is 2.14. The number of hydrogen-bond acceptors (Lipinski definition) is 1. The van der Waals surface area contributed by atoms with Crippen LogP contribution in [0.4, 0.5) is 0 Å². The van der Waals surface area contributed by atoms with Gasteiger partial charge in [-0.05, 0) is 13.8 Å². The zero-order chi connectivity index (χ0) is 8.04. The Hall–Kier alpha value is -0.370. The molecule has 0 aliphatic rings. The molecule has 0 amide bonds. The maximum absolute atomic E-state index is 10.1. The molecule has 0 fully saturated rings. The summed E-state index contributed by atoms with van der Waals surface area (Å²) >= 11 is 0. The number of hydrogen-bond donors (Lipinski definition) is 0. The van der Waals surface area contributed by atoms with Crippen LogP contribution in [0.15, 0.2) is 0 Å². The third-order valence-corrected chi connectivity index (χ3v) is 2.31. The molecule has 0 radical (unpaired) electrons. The molecule has 0 saturated carbocycles. The van der Waals surface area contributed by atoms with Crippen LogP contribution >= 0.6 is 0 Å². The molecule has 0 N–H and O–H groups in total. The lowest BCUT2D eigenvalue weighted by molar-refractivity contribution is -0.905. The zero-order valence-electron chi connectivity index (χ0n) is 7.26. The van der Waals surface area contributed by atoms with Crippen LogP contribution in [0.3, 0.4) is 0 Å². The molecule has 0 aromatic carbocycles. The minimum Gasteiger partial charge on any atom is -0.326 e. The van der Waals surface area contributed by atoms with Crippen molar-refractivity contribution in [1.82, 2.24) is 0 Å². The molecule has 0 spiro atoms. The van der Waals surface area contributed by atoms with Gasteiger partial charge in [0.05, 0.1) is 33.1 Å². The Morgan fingerprint density at radius 3 is 2.10 bits per heavy atom. The van der Waals surface area contributed by atoms with Crippen molar-refractivity contribution in [2.45, 2.75) is 20.3 Å². The molecule has 0 aliphatic heterocycles. The number of carbonyl (C=O) groups excluding carboxylic acids is 1. The summed E-state index contributed by atoms with van der Waals surface area (Å²) < 4.78 is 1.01. The topological polar surface area (TPSA) is 17.1 Å². The molecule has 0 bridgehead atoms. The van der Waals surface area contributed by atoms with Gasteiger partial charge in [0.15, 0.2) is 0 Å². The SMILES string of the molecule is CC[N+](C)(CC)CCC=O. The third-order valence-electron chi connectivity index (χ3n) is 2.31. The van der Waals surface area contributed by atoms with Gasteiger partial charge in [0.25, 0.3) is 0 Å². The molecular weight excluding hydrogens is 126 g/mol. The minimum absolute atomic E-state index is 0.693. The van der Waals surface area contributed by atoms with Crippen LogP contribution in [0, 0.1) is 0 Å². The number of nitrogens with zero attached hydrogens (tertiary/aromatic N) is 1. The second kappa shape index (κ2) is 4.45. The Bertz CT molecular complexity index is 97.4. The van der Waals surface area contributed by atoms with E-state index in [2.05, 4.69) is 20.9 Å². The lowest BCUT2D eigenvalue weighted by Gasteiger charge is -2.31. The molecule has 0 aromatic rings. The van der Waals surface area contributed by atoms with Crippen molar-refractivity contribution in [3.05, 3.63) is 0 Å². The summed E-state index contributed by atoms with van der Waals surface area (Å²) in [4.78, 5) is 10.1. The Balaban J connectivity index is 3.68. The summed E-state index contributed by atoms with van der Waals surface area (Å²) in [6.45, 7) is 7.54. The van der Waals surface area contributed by atoms with Crippen LogP contribution in [0.2, 0.25) is 0 Å². The first kappa shape index (κ1) is 9.63. The number of rotatable bonds is 5. The fourth-order valence-electron chi connectivity index (χ4n) is 0.904. The molecule has 60 valence electrons. The molecule has 0 heterocycles. The van der Waals surface area contributed by atoms with Crippen molar-refractivity contribution in [3.8, 4) is 0 Å². The van der Waals surface area contributed by atoms with E-state index in [-0.39, 0.29) is 0 Å². The standard InChI is InChI=1S/C8H18NO/c1-4-9(3,5-2)7-6-8-10/h8H,4-7H2,1-3H3/q+1. The smallest absolute Gasteiger partial charge is 0.125 e. The summed E-state index contributed by atoms with van der Waals surface area (Å²) in [5.74, 6) is 0. The fraction of sp³-hybridized carbons (Fsp3) is 0.875. The molecule has 0 aliphatic carbocycles. The van der Waals surface area contributed by atoms with Gasteiger partial charge >= 0.3 is 0 Å². The Morgan fingerprint density at radius 1 is 1.30 bits per heavy atom. The lowest BCUT2D eigenvalue weighted by Crippen LogP contribution is -2.44. The highest BCUT2D eigenvalue weighted by Crippen LogP contribution is 2.00. The molecule has 0 rings (SSSR count). The van der Waals surface area contributed by atoms with Gasteiger partial charge in [-0.2, -0.15) is 0 Å². The van der Waals surface area contributed by atoms with E-state index < -0.39 is 0 Å². The summed E-state index contributed by atoms with van der Waals surface area (Å²) in [5, 5.41) is 0. The average Bonchev–Trinajstić information content (AvgIpc) is 2.00.